The molecule has 2 N–H and O–H groups in total. The number of anilines is 1. The van der Waals surface area contributed by atoms with Crippen LogP contribution in [0.15, 0.2) is 42.5 Å². The smallest absolute Gasteiger partial charge is 0.335 e. The molecule has 2 heterocycles. The number of amides is 2. The summed E-state index contributed by atoms with van der Waals surface area (Å²) in [5.41, 5.74) is 1.92. The van der Waals surface area contributed by atoms with Crippen LogP contribution in [-0.4, -0.2) is 59.9 Å². The average molecular weight is 383 g/mol. The Morgan fingerprint density at radius 1 is 0.964 bits per heavy atom. The number of piperazine rings is 1. The second-order valence-electron chi connectivity index (χ2n) is 6.76. The number of carbonyl (C=O) groups excluding carboxylic acids is 1. The standard InChI is InChI=1S/C20H21N3O5/c24-19(25)15-2-4-16(5-3-15)21-20(26)23-9-7-22(8-10-23)12-14-1-6-17-18(11-14)28-13-27-17/h1-6,11H,7-10,12-13H2,(H,21,26)(H,24,25). The molecule has 0 bridgehead atoms. The van der Waals surface area contributed by atoms with Crippen molar-refractivity contribution in [2.24, 2.45) is 0 Å². The van der Waals surface area contributed by atoms with Gasteiger partial charge in [-0.2, -0.15) is 0 Å². The van der Waals surface area contributed by atoms with Crippen molar-refractivity contribution in [3.05, 3.63) is 53.6 Å². The lowest BCUT2D eigenvalue weighted by Gasteiger charge is -2.34. The Morgan fingerprint density at radius 3 is 2.39 bits per heavy atom. The third-order valence-corrected chi connectivity index (χ3v) is 4.89. The second kappa shape index (κ2) is 7.77. The van der Waals surface area contributed by atoms with Gasteiger partial charge in [-0.05, 0) is 42.0 Å². The zero-order valence-electron chi connectivity index (χ0n) is 15.3. The van der Waals surface area contributed by atoms with Gasteiger partial charge in [-0.1, -0.05) is 6.07 Å². The van der Waals surface area contributed by atoms with Crippen molar-refractivity contribution in [1.29, 1.82) is 0 Å². The quantitative estimate of drug-likeness (QED) is 0.843. The summed E-state index contributed by atoms with van der Waals surface area (Å²) in [7, 11) is 0. The fourth-order valence-electron chi connectivity index (χ4n) is 3.31. The molecule has 0 atom stereocenters. The van der Waals surface area contributed by atoms with Crippen LogP contribution in [0.1, 0.15) is 15.9 Å². The van der Waals surface area contributed by atoms with Crippen LogP contribution in [0.3, 0.4) is 0 Å². The van der Waals surface area contributed by atoms with E-state index < -0.39 is 5.97 Å². The Labute approximate surface area is 162 Å². The molecule has 4 rings (SSSR count). The fourth-order valence-corrected chi connectivity index (χ4v) is 3.31. The summed E-state index contributed by atoms with van der Waals surface area (Å²) in [5, 5.41) is 11.7. The molecule has 2 aromatic carbocycles. The van der Waals surface area contributed by atoms with E-state index >= 15 is 0 Å². The van der Waals surface area contributed by atoms with Gasteiger partial charge in [0.05, 0.1) is 5.56 Å². The first-order valence-electron chi connectivity index (χ1n) is 9.09. The molecule has 0 spiro atoms. The van der Waals surface area contributed by atoms with Crippen LogP contribution in [0, 0.1) is 0 Å². The Balaban J connectivity index is 1.27. The van der Waals surface area contributed by atoms with Crippen LogP contribution in [0.4, 0.5) is 10.5 Å². The molecular formula is C20H21N3O5. The minimum Gasteiger partial charge on any atom is -0.478 e. The molecular weight excluding hydrogens is 362 g/mol. The zero-order chi connectivity index (χ0) is 19.5. The maximum Gasteiger partial charge on any atom is 0.335 e. The van der Waals surface area contributed by atoms with Crippen molar-refractivity contribution < 1.29 is 24.2 Å². The molecule has 0 aromatic heterocycles. The van der Waals surface area contributed by atoms with E-state index in [1.54, 1.807) is 17.0 Å². The predicted molar refractivity (Wildman–Crippen MR) is 102 cm³/mol. The first-order valence-corrected chi connectivity index (χ1v) is 9.09. The Kier molecular flexibility index (Phi) is 5.03. The van der Waals surface area contributed by atoms with Crippen molar-refractivity contribution in [1.82, 2.24) is 9.80 Å². The van der Waals surface area contributed by atoms with Gasteiger partial charge in [0, 0.05) is 38.4 Å². The van der Waals surface area contributed by atoms with E-state index in [0.29, 0.717) is 18.8 Å². The van der Waals surface area contributed by atoms with Gasteiger partial charge in [0.15, 0.2) is 11.5 Å². The lowest BCUT2D eigenvalue weighted by Crippen LogP contribution is -2.49. The molecule has 2 aliphatic heterocycles. The third kappa shape index (κ3) is 4.01. The normalized spacial score (nSPS) is 16.1. The Bertz CT molecular complexity index is 876. The topological polar surface area (TPSA) is 91.3 Å². The number of ether oxygens (including phenoxy) is 2. The summed E-state index contributed by atoms with van der Waals surface area (Å²) in [6.07, 6.45) is 0. The van der Waals surface area contributed by atoms with E-state index in [1.165, 1.54) is 12.1 Å². The molecule has 0 aliphatic carbocycles. The first kappa shape index (κ1) is 18.1. The number of nitrogens with one attached hydrogen (secondary N) is 1. The van der Waals surface area contributed by atoms with Crippen LogP contribution in [0.2, 0.25) is 0 Å². The molecule has 1 saturated heterocycles. The summed E-state index contributed by atoms with van der Waals surface area (Å²) in [5.74, 6) is 0.572. The summed E-state index contributed by atoms with van der Waals surface area (Å²) in [6.45, 7) is 3.88. The zero-order valence-corrected chi connectivity index (χ0v) is 15.3. The molecule has 146 valence electrons. The van der Waals surface area contributed by atoms with Crippen LogP contribution in [0.25, 0.3) is 0 Å². The molecule has 8 heteroatoms. The minimum atomic E-state index is -0.989. The number of hydrogen-bond donors (Lipinski definition) is 2. The molecule has 2 aliphatic rings. The van der Waals surface area contributed by atoms with Crippen molar-refractivity contribution in [2.75, 3.05) is 38.3 Å². The largest absolute Gasteiger partial charge is 0.478 e. The molecule has 2 amide bonds. The highest BCUT2D eigenvalue weighted by molar-refractivity contribution is 5.91. The number of benzene rings is 2. The number of aromatic carboxylic acids is 1. The molecule has 2 aromatic rings. The molecule has 8 nitrogen and oxygen atoms in total. The summed E-state index contributed by atoms with van der Waals surface area (Å²) >= 11 is 0. The van der Waals surface area contributed by atoms with E-state index in [4.69, 9.17) is 14.6 Å². The molecule has 0 saturated carbocycles. The van der Waals surface area contributed by atoms with Crippen LogP contribution >= 0.6 is 0 Å². The summed E-state index contributed by atoms with van der Waals surface area (Å²) in [4.78, 5) is 27.4. The number of hydrogen-bond acceptors (Lipinski definition) is 5. The number of carboxylic acid groups (broad SMARTS) is 1. The average Bonchev–Trinajstić information content (AvgIpc) is 3.17. The predicted octanol–water partition coefficient (Wildman–Crippen LogP) is 2.46. The molecule has 28 heavy (non-hydrogen) atoms. The number of rotatable bonds is 4. The summed E-state index contributed by atoms with van der Waals surface area (Å²) < 4.78 is 10.8. The highest BCUT2D eigenvalue weighted by Crippen LogP contribution is 2.32. The lowest BCUT2D eigenvalue weighted by atomic mass is 10.1. The van der Waals surface area contributed by atoms with Gasteiger partial charge in [-0.25, -0.2) is 9.59 Å². The third-order valence-electron chi connectivity index (χ3n) is 4.89. The van der Waals surface area contributed by atoms with Gasteiger partial charge < -0.3 is 24.8 Å². The number of carbonyl (C=O) groups is 2. The Hall–Kier alpha value is -3.26. The van der Waals surface area contributed by atoms with E-state index in [9.17, 15) is 9.59 Å². The van der Waals surface area contributed by atoms with Gasteiger partial charge in [-0.3, -0.25) is 4.90 Å². The molecule has 0 unspecified atom stereocenters. The first-order chi connectivity index (χ1) is 13.6. The van der Waals surface area contributed by atoms with Crippen molar-refractivity contribution in [3.63, 3.8) is 0 Å². The number of nitrogens with zero attached hydrogens (tertiary/aromatic N) is 2. The van der Waals surface area contributed by atoms with Crippen LogP contribution < -0.4 is 14.8 Å². The van der Waals surface area contributed by atoms with Gasteiger partial charge in [0.2, 0.25) is 6.79 Å². The fraction of sp³-hybridized carbons (Fsp3) is 0.300. The maximum absolute atomic E-state index is 12.4. The molecule has 1 fully saturated rings. The second-order valence-corrected chi connectivity index (χ2v) is 6.76. The van der Waals surface area contributed by atoms with E-state index in [1.807, 2.05) is 18.2 Å². The highest BCUT2D eigenvalue weighted by Gasteiger charge is 2.22. The number of fused-ring (bicyclic) bond motifs is 1. The molecule has 0 radical (unpaired) electrons. The minimum absolute atomic E-state index is 0.175. The SMILES string of the molecule is O=C(O)c1ccc(NC(=O)N2CCN(Cc3ccc4c(c3)OCO4)CC2)cc1. The van der Waals surface area contributed by atoms with E-state index in [-0.39, 0.29) is 18.4 Å². The lowest BCUT2D eigenvalue weighted by molar-refractivity contribution is 0.0697. The van der Waals surface area contributed by atoms with Gasteiger partial charge in [0.1, 0.15) is 0 Å². The Morgan fingerprint density at radius 2 is 1.68 bits per heavy atom. The van der Waals surface area contributed by atoms with Crippen LogP contribution in [-0.2, 0) is 6.54 Å². The van der Waals surface area contributed by atoms with Crippen LogP contribution in [0.5, 0.6) is 11.5 Å². The number of carboxylic acids is 1. The van der Waals surface area contributed by atoms with E-state index in [2.05, 4.69) is 10.2 Å². The highest BCUT2D eigenvalue weighted by atomic mass is 16.7. The maximum atomic E-state index is 12.4. The van der Waals surface area contributed by atoms with Gasteiger partial charge >= 0.3 is 12.0 Å². The van der Waals surface area contributed by atoms with E-state index in [0.717, 1.165) is 36.7 Å². The monoisotopic (exact) mass is 383 g/mol. The van der Waals surface area contributed by atoms with Crippen molar-refractivity contribution in [3.8, 4) is 11.5 Å². The van der Waals surface area contributed by atoms with Crippen molar-refractivity contribution >= 4 is 17.7 Å². The van der Waals surface area contributed by atoms with Gasteiger partial charge in [-0.15, -0.1) is 0 Å². The van der Waals surface area contributed by atoms with Gasteiger partial charge in [0.25, 0.3) is 0 Å². The summed E-state index contributed by atoms with van der Waals surface area (Å²) in [6, 6.07) is 11.9. The van der Waals surface area contributed by atoms with Crippen molar-refractivity contribution in [2.45, 2.75) is 6.54 Å². The number of urea groups is 1.